The second-order valence-electron chi connectivity index (χ2n) is 8.47. The van der Waals surface area contributed by atoms with Gasteiger partial charge in [-0.3, -0.25) is 9.59 Å². The van der Waals surface area contributed by atoms with E-state index in [1.165, 1.54) is 4.90 Å². The van der Waals surface area contributed by atoms with E-state index in [-0.39, 0.29) is 43.9 Å². The second-order valence-corrected chi connectivity index (χ2v) is 8.47. The van der Waals surface area contributed by atoms with Crippen LogP contribution in [0.2, 0.25) is 0 Å². The van der Waals surface area contributed by atoms with Gasteiger partial charge in [-0.1, -0.05) is 68.3 Å². The minimum Gasteiger partial charge on any atom is -0.481 e. The molecular weight excluding hydrogens is 420 g/mol. The highest BCUT2D eigenvalue weighted by Gasteiger charge is 2.29. The molecule has 3 rings (SSSR count). The molecule has 1 aliphatic rings. The Morgan fingerprint density at radius 2 is 1.67 bits per heavy atom. The fourth-order valence-electron chi connectivity index (χ4n) is 4.24. The van der Waals surface area contributed by atoms with Crippen molar-refractivity contribution in [3.05, 3.63) is 59.7 Å². The summed E-state index contributed by atoms with van der Waals surface area (Å²) in [6.45, 7) is 2.40. The van der Waals surface area contributed by atoms with Crippen molar-refractivity contribution in [1.82, 2.24) is 10.2 Å². The molecule has 0 saturated carbocycles. The number of alkyl carbamates (subject to hydrolysis) is 1. The van der Waals surface area contributed by atoms with E-state index >= 15 is 0 Å². The van der Waals surface area contributed by atoms with Crippen LogP contribution in [0.15, 0.2) is 48.5 Å². The third kappa shape index (κ3) is 6.34. The van der Waals surface area contributed by atoms with Crippen molar-refractivity contribution >= 4 is 18.0 Å². The monoisotopic (exact) mass is 452 g/mol. The van der Waals surface area contributed by atoms with Gasteiger partial charge in [0.2, 0.25) is 5.91 Å². The van der Waals surface area contributed by atoms with Gasteiger partial charge in [-0.15, -0.1) is 0 Å². The number of unbranched alkanes of at least 4 members (excludes halogenated alkanes) is 1. The SMILES string of the molecule is CCCCC(CC(=O)N(C)CCC(=O)O)NC(=O)OCC1c2ccccc2-c2ccccc21. The summed E-state index contributed by atoms with van der Waals surface area (Å²) in [5.74, 6) is -1.17. The largest absolute Gasteiger partial charge is 0.481 e. The number of carboxylic acid groups (broad SMARTS) is 1. The molecule has 0 heterocycles. The number of fused-ring (bicyclic) bond motifs is 3. The average Bonchev–Trinajstić information content (AvgIpc) is 3.13. The van der Waals surface area contributed by atoms with Crippen LogP contribution in [0.4, 0.5) is 4.79 Å². The Labute approximate surface area is 194 Å². The Hall–Kier alpha value is -3.35. The van der Waals surface area contributed by atoms with Crippen molar-refractivity contribution in [2.24, 2.45) is 0 Å². The number of amides is 2. The highest BCUT2D eigenvalue weighted by Crippen LogP contribution is 2.44. The van der Waals surface area contributed by atoms with Crippen molar-refractivity contribution in [2.75, 3.05) is 20.2 Å². The summed E-state index contributed by atoms with van der Waals surface area (Å²) in [5.41, 5.74) is 4.62. The lowest BCUT2D eigenvalue weighted by atomic mass is 9.98. The third-order valence-electron chi connectivity index (χ3n) is 6.08. The van der Waals surface area contributed by atoms with E-state index in [0.717, 1.165) is 35.1 Å². The lowest BCUT2D eigenvalue weighted by molar-refractivity contribution is -0.138. The van der Waals surface area contributed by atoms with Crippen molar-refractivity contribution in [1.29, 1.82) is 0 Å². The van der Waals surface area contributed by atoms with Crippen molar-refractivity contribution in [3.8, 4) is 11.1 Å². The summed E-state index contributed by atoms with van der Waals surface area (Å²) in [5, 5.41) is 11.7. The van der Waals surface area contributed by atoms with E-state index in [2.05, 4.69) is 29.6 Å². The molecule has 1 aliphatic carbocycles. The number of carboxylic acids is 1. The van der Waals surface area contributed by atoms with Gasteiger partial charge < -0.3 is 20.1 Å². The van der Waals surface area contributed by atoms with Crippen LogP contribution in [0.25, 0.3) is 11.1 Å². The van der Waals surface area contributed by atoms with Gasteiger partial charge in [0.15, 0.2) is 0 Å². The van der Waals surface area contributed by atoms with Crippen LogP contribution in [0.5, 0.6) is 0 Å². The standard InChI is InChI=1S/C26H32N2O5/c1-3-4-9-18(16-24(29)28(2)15-14-25(30)31)27-26(32)33-17-23-21-12-7-5-10-19(21)20-11-6-8-13-22(20)23/h5-8,10-13,18,23H,3-4,9,14-17H2,1-2H3,(H,27,32)(H,30,31). The van der Waals surface area contributed by atoms with E-state index in [1.54, 1.807) is 7.05 Å². The molecule has 0 spiro atoms. The van der Waals surface area contributed by atoms with E-state index < -0.39 is 12.1 Å². The Balaban J connectivity index is 1.59. The molecule has 2 aromatic carbocycles. The number of rotatable bonds is 11. The van der Waals surface area contributed by atoms with Crippen LogP contribution in [-0.4, -0.2) is 54.2 Å². The summed E-state index contributed by atoms with van der Waals surface area (Å²) >= 11 is 0. The van der Waals surface area contributed by atoms with E-state index in [4.69, 9.17) is 9.84 Å². The van der Waals surface area contributed by atoms with Crippen molar-refractivity contribution in [3.63, 3.8) is 0 Å². The molecule has 33 heavy (non-hydrogen) atoms. The molecular formula is C26H32N2O5. The van der Waals surface area contributed by atoms with Gasteiger partial charge in [-0.2, -0.15) is 0 Å². The van der Waals surface area contributed by atoms with Crippen LogP contribution < -0.4 is 5.32 Å². The number of nitrogens with zero attached hydrogens (tertiary/aromatic N) is 1. The Morgan fingerprint density at radius 1 is 1.06 bits per heavy atom. The number of ether oxygens (including phenoxy) is 1. The lowest BCUT2D eigenvalue weighted by Crippen LogP contribution is -2.40. The zero-order valence-corrected chi connectivity index (χ0v) is 19.3. The number of benzene rings is 2. The van der Waals surface area contributed by atoms with Gasteiger partial charge in [-0.05, 0) is 28.7 Å². The van der Waals surface area contributed by atoms with E-state index in [0.29, 0.717) is 6.42 Å². The smallest absolute Gasteiger partial charge is 0.407 e. The number of hydrogen-bond acceptors (Lipinski definition) is 4. The van der Waals surface area contributed by atoms with E-state index in [1.807, 2.05) is 31.2 Å². The summed E-state index contributed by atoms with van der Waals surface area (Å²) in [4.78, 5) is 37.3. The quantitative estimate of drug-likeness (QED) is 0.527. The summed E-state index contributed by atoms with van der Waals surface area (Å²) < 4.78 is 5.62. The third-order valence-corrected chi connectivity index (χ3v) is 6.08. The summed E-state index contributed by atoms with van der Waals surface area (Å²) in [6, 6.07) is 15.9. The predicted octanol–water partition coefficient (Wildman–Crippen LogP) is 4.41. The molecule has 1 unspecified atom stereocenters. The first-order valence-corrected chi connectivity index (χ1v) is 11.5. The van der Waals surface area contributed by atoms with Crippen molar-refractivity contribution < 1.29 is 24.2 Å². The number of aliphatic carboxylic acids is 1. The molecule has 0 aromatic heterocycles. The van der Waals surface area contributed by atoms with Gasteiger partial charge in [0.25, 0.3) is 0 Å². The molecule has 2 amide bonds. The summed E-state index contributed by atoms with van der Waals surface area (Å²) in [6.07, 6.45) is 1.91. The van der Waals surface area contributed by atoms with Crippen LogP contribution in [-0.2, 0) is 14.3 Å². The zero-order chi connectivity index (χ0) is 23.8. The minimum absolute atomic E-state index is 0.0268. The molecule has 0 bridgehead atoms. The minimum atomic E-state index is -0.950. The Bertz CT molecular complexity index is 945. The average molecular weight is 453 g/mol. The van der Waals surface area contributed by atoms with Gasteiger partial charge in [-0.25, -0.2) is 4.79 Å². The van der Waals surface area contributed by atoms with E-state index in [9.17, 15) is 14.4 Å². The zero-order valence-electron chi connectivity index (χ0n) is 19.3. The number of hydrogen-bond donors (Lipinski definition) is 2. The Morgan fingerprint density at radius 3 is 2.24 bits per heavy atom. The number of carbonyl (C=O) groups is 3. The van der Waals surface area contributed by atoms with Gasteiger partial charge in [0, 0.05) is 32.0 Å². The first-order valence-electron chi connectivity index (χ1n) is 11.5. The molecule has 0 saturated heterocycles. The van der Waals surface area contributed by atoms with Gasteiger partial charge in [0.1, 0.15) is 6.61 Å². The maximum absolute atomic E-state index is 12.6. The van der Waals surface area contributed by atoms with Crippen LogP contribution in [0.1, 0.15) is 56.1 Å². The second kappa shape index (κ2) is 11.5. The molecule has 0 fully saturated rings. The molecule has 0 aliphatic heterocycles. The predicted molar refractivity (Wildman–Crippen MR) is 126 cm³/mol. The maximum atomic E-state index is 12.6. The fraction of sp³-hybridized carbons (Fsp3) is 0.423. The normalized spacial score (nSPS) is 13.0. The topological polar surface area (TPSA) is 95.9 Å². The molecule has 2 aromatic rings. The first kappa shape index (κ1) is 24.3. The highest BCUT2D eigenvalue weighted by atomic mass is 16.5. The van der Waals surface area contributed by atoms with Crippen LogP contribution in [0, 0.1) is 0 Å². The lowest BCUT2D eigenvalue weighted by Gasteiger charge is -2.22. The molecule has 2 N–H and O–H groups in total. The maximum Gasteiger partial charge on any atom is 0.407 e. The molecule has 7 heteroatoms. The van der Waals surface area contributed by atoms with Crippen molar-refractivity contribution in [2.45, 2.75) is 51.0 Å². The summed E-state index contributed by atoms with van der Waals surface area (Å²) in [7, 11) is 1.58. The van der Waals surface area contributed by atoms with Crippen LogP contribution in [0.3, 0.4) is 0 Å². The molecule has 0 radical (unpaired) electrons. The molecule has 176 valence electrons. The Kier molecular flexibility index (Phi) is 8.46. The first-order chi connectivity index (χ1) is 15.9. The van der Waals surface area contributed by atoms with Crippen LogP contribution >= 0.6 is 0 Å². The molecule has 7 nitrogen and oxygen atoms in total. The number of nitrogens with one attached hydrogen (secondary N) is 1. The highest BCUT2D eigenvalue weighted by molar-refractivity contribution is 5.80. The van der Waals surface area contributed by atoms with Gasteiger partial charge in [0.05, 0.1) is 6.42 Å². The fourth-order valence-corrected chi connectivity index (χ4v) is 4.24. The number of carbonyl (C=O) groups excluding carboxylic acids is 2. The molecule has 1 atom stereocenters. The van der Waals surface area contributed by atoms with Gasteiger partial charge >= 0.3 is 12.1 Å².